The van der Waals surface area contributed by atoms with E-state index in [0.717, 1.165) is 19.3 Å². The number of carbonyl (C=O) groups is 3. The number of fused-ring (bicyclic) bond motifs is 4. The fourth-order valence-electron chi connectivity index (χ4n) is 6.20. The van der Waals surface area contributed by atoms with E-state index >= 15 is 0 Å². The summed E-state index contributed by atoms with van der Waals surface area (Å²) in [6.45, 7) is 2.62. The van der Waals surface area contributed by atoms with Crippen molar-refractivity contribution in [2.45, 2.75) is 76.5 Å². The lowest BCUT2D eigenvalue weighted by molar-refractivity contribution is -0.142. The lowest BCUT2D eigenvalue weighted by atomic mass is 9.95. The number of rotatable bonds is 4. The molecule has 2 bridgehead atoms. The van der Waals surface area contributed by atoms with Gasteiger partial charge in [-0.3, -0.25) is 28.5 Å². The van der Waals surface area contributed by atoms with Gasteiger partial charge in [0.1, 0.15) is 17.0 Å². The van der Waals surface area contributed by atoms with Crippen molar-refractivity contribution >= 4 is 34.4 Å². The molecule has 2 atom stereocenters. The fraction of sp³-hybridized carbons (Fsp3) is 0.480. The minimum absolute atomic E-state index is 0.0151. The van der Waals surface area contributed by atoms with Crippen molar-refractivity contribution in [1.82, 2.24) is 23.8 Å². The van der Waals surface area contributed by atoms with Crippen molar-refractivity contribution < 1.29 is 14.4 Å². The van der Waals surface area contributed by atoms with Crippen LogP contribution in [0.25, 0.3) is 16.7 Å². The maximum Gasteiger partial charge on any atom is 0.271 e. The minimum Gasteiger partial charge on any atom is -0.331 e. The summed E-state index contributed by atoms with van der Waals surface area (Å²) in [6.07, 6.45) is 6.05. The molecular weight excluding hydrogens is 434 g/mol. The topological polar surface area (TPSA) is 97.0 Å². The predicted octanol–water partition coefficient (Wildman–Crippen LogP) is 2.34. The van der Waals surface area contributed by atoms with E-state index in [1.807, 2.05) is 22.5 Å². The lowest BCUT2D eigenvalue weighted by Gasteiger charge is -2.41. The van der Waals surface area contributed by atoms with E-state index in [-0.39, 0.29) is 41.4 Å². The van der Waals surface area contributed by atoms with Crippen LogP contribution in [0.2, 0.25) is 0 Å². The molecule has 0 aliphatic carbocycles. The summed E-state index contributed by atoms with van der Waals surface area (Å²) in [5.41, 5.74) is 1.39. The number of imide groups is 1. The lowest BCUT2D eigenvalue weighted by Crippen LogP contribution is -2.53. The molecule has 0 N–H and O–H groups in total. The third-order valence-electron chi connectivity index (χ3n) is 7.64. The molecule has 3 aromatic rings. The van der Waals surface area contributed by atoms with E-state index < -0.39 is 0 Å². The molecule has 3 fully saturated rings. The summed E-state index contributed by atoms with van der Waals surface area (Å²) in [5.74, 6) is -0.267. The maximum absolute atomic E-state index is 13.9. The monoisotopic (exact) mass is 461 g/mol. The van der Waals surface area contributed by atoms with Gasteiger partial charge in [-0.15, -0.1) is 0 Å². The SMILES string of the molecule is CCCn1c(C(=O)N2C3CCC2CC(N2C(=O)CCC2=O)C3)cc2c(=O)n3ccccc3nc21. The van der Waals surface area contributed by atoms with E-state index in [0.29, 0.717) is 54.6 Å². The second-order valence-electron chi connectivity index (χ2n) is 9.64. The second kappa shape index (κ2) is 7.78. The molecule has 3 aliphatic heterocycles. The molecular formula is C25H27N5O4. The van der Waals surface area contributed by atoms with Crippen molar-refractivity contribution in [2.75, 3.05) is 0 Å². The van der Waals surface area contributed by atoms with Crippen molar-refractivity contribution in [3.8, 4) is 0 Å². The second-order valence-corrected chi connectivity index (χ2v) is 9.64. The highest BCUT2D eigenvalue weighted by Crippen LogP contribution is 2.40. The third kappa shape index (κ3) is 3.02. The van der Waals surface area contributed by atoms with Crippen LogP contribution in [0, 0.1) is 0 Å². The average Bonchev–Trinajstić information content (AvgIpc) is 3.45. The highest BCUT2D eigenvalue weighted by atomic mass is 16.2. The van der Waals surface area contributed by atoms with E-state index in [4.69, 9.17) is 4.98 Å². The average molecular weight is 462 g/mol. The first-order valence-electron chi connectivity index (χ1n) is 12.2. The van der Waals surface area contributed by atoms with Crippen molar-refractivity contribution in [1.29, 1.82) is 0 Å². The van der Waals surface area contributed by atoms with E-state index in [1.165, 1.54) is 9.30 Å². The number of nitrogens with zero attached hydrogens (tertiary/aromatic N) is 5. The first kappa shape index (κ1) is 21.1. The Morgan fingerprint density at radius 2 is 1.74 bits per heavy atom. The van der Waals surface area contributed by atoms with Crippen LogP contribution in [0.15, 0.2) is 35.3 Å². The number of aryl methyl sites for hydroxylation is 1. The van der Waals surface area contributed by atoms with Gasteiger partial charge >= 0.3 is 0 Å². The van der Waals surface area contributed by atoms with E-state index in [1.54, 1.807) is 24.4 Å². The van der Waals surface area contributed by atoms with Crippen LogP contribution in [0.1, 0.15) is 62.4 Å². The first-order valence-corrected chi connectivity index (χ1v) is 12.2. The Labute approximate surface area is 196 Å². The van der Waals surface area contributed by atoms with Crippen molar-refractivity contribution in [2.24, 2.45) is 0 Å². The Bertz CT molecular complexity index is 1380. The number of piperidine rings is 1. The summed E-state index contributed by atoms with van der Waals surface area (Å²) in [5, 5.41) is 0.441. The van der Waals surface area contributed by atoms with Crippen LogP contribution >= 0.6 is 0 Å². The normalized spacial score (nSPS) is 24.7. The molecule has 0 aromatic carbocycles. The number of likely N-dealkylation sites (tertiary alicyclic amines) is 1. The number of amides is 3. The largest absolute Gasteiger partial charge is 0.331 e. The Morgan fingerprint density at radius 1 is 1.03 bits per heavy atom. The number of hydrogen-bond acceptors (Lipinski definition) is 5. The molecule has 0 radical (unpaired) electrons. The van der Waals surface area contributed by atoms with Crippen LogP contribution in [0.3, 0.4) is 0 Å². The summed E-state index contributed by atoms with van der Waals surface area (Å²) >= 11 is 0. The molecule has 3 amide bonds. The Balaban J connectivity index is 1.38. The van der Waals surface area contributed by atoms with Gasteiger partial charge in [0.15, 0.2) is 0 Å². The molecule has 3 aromatic heterocycles. The highest BCUT2D eigenvalue weighted by molar-refractivity contribution is 6.02. The van der Waals surface area contributed by atoms with Crippen LogP contribution in [-0.4, -0.2) is 59.6 Å². The molecule has 2 unspecified atom stereocenters. The van der Waals surface area contributed by atoms with Crippen molar-refractivity contribution in [3.63, 3.8) is 0 Å². The summed E-state index contributed by atoms with van der Waals surface area (Å²) in [7, 11) is 0. The highest BCUT2D eigenvalue weighted by Gasteiger charge is 2.48. The van der Waals surface area contributed by atoms with Gasteiger partial charge in [0.2, 0.25) is 11.8 Å². The quantitative estimate of drug-likeness (QED) is 0.556. The molecule has 176 valence electrons. The van der Waals surface area contributed by atoms with Gasteiger partial charge in [-0.2, -0.15) is 0 Å². The molecule has 3 aliphatic rings. The van der Waals surface area contributed by atoms with Gasteiger partial charge in [-0.05, 0) is 50.3 Å². The molecule has 0 saturated carbocycles. The fourth-order valence-corrected chi connectivity index (χ4v) is 6.20. The molecule has 3 saturated heterocycles. The molecule has 6 rings (SSSR count). The number of pyridine rings is 1. The molecule has 9 nitrogen and oxygen atoms in total. The van der Waals surface area contributed by atoms with E-state index in [2.05, 4.69) is 0 Å². The number of hydrogen-bond donors (Lipinski definition) is 0. The first-order chi connectivity index (χ1) is 16.5. The predicted molar refractivity (Wildman–Crippen MR) is 124 cm³/mol. The standard InChI is InChI=1S/C25H27N5O4/c1-2-10-27-19(14-18-23(27)26-20-5-3-4-11-28(20)24(18)33)25(34)29-15-6-7-16(29)13-17(12-15)30-21(31)8-9-22(30)32/h3-5,11,14-17H,2,6-10,12-13H2,1H3. The summed E-state index contributed by atoms with van der Waals surface area (Å²) in [6, 6.07) is 6.96. The van der Waals surface area contributed by atoms with Gasteiger partial charge in [0, 0.05) is 43.7 Å². The Morgan fingerprint density at radius 3 is 2.41 bits per heavy atom. The minimum atomic E-state index is -0.183. The molecule has 34 heavy (non-hydrogen) atoms. The van der Waals surface area contributed by atoms with Gasteiger partial charge in [0.05, 0.1) is 5.39 Å². The van der Waals surface area contributed by atoms with Crippen molar-refractivity contribution in [3.05, 3.63) is 46.5 Å². The molecule has 0 spiro atoms. The smallest absolute Gasteiger partial charge is 0.271 e. The summed E-state index contributed by atoms with van der Waals surface area (Å²) < 4.78 is 3.39. The number of carbonyl (C=O) groups excluding carboxylic acids is 3. The number of aromatic nitrogens is 3. The van der Waals surface area contributed by atoms with Crippen LogP contribution in [0.4, 0.5) is 0 Å². The van der Waals surface area contributed by atoms with E-state index in [9.17, 15) is 19.2 Å². The Kier molecular flexibility index (Phi) is 4.82. The zero-order chi connectivity index (χ0) is 23.6. The van der Waals surface area contributed by atoms with Gasteiger partial charge in [-0.25, -0.2) is 4.98 Å². The van der Waals surface area contributed by atoms with Gasteiger partial charge in [0.25, 0.3) is 11.5 Å². The maximum atomic E-state index is 13.9. The van der Waals surface area contributed by atoms with Gasteiger partial charge in [-0.1, -0.05) is 13.0 Å². The van der Waals surface area contributed by atoms with Gasteiger partial charge < -0.3 is 9.47 Å². The molecule has 9 heteroatoms. The summed E-state index contributed by atoms with van der Waals surface area (Å²) in [4.78, 5) is 59.8. The third-order valence-corrected chi connectivity index (χ3v) is 7.64. The molecule has 6 heterocycles. The Hall–Kier alpha value is -3.49. The van der Waals surface area contributed by atoms with Crippen LogP contribution < -0.4 is 5.56 Å². The van der Waals surface area contributed by atoms with Crippen LogP contribution in [-0.2, 0) is 16.1 Å². The van der Waals surface area contributed by atoms with Crippen LogP contribution in [0.5, 0.6) is 0 Å². The zero-order valence-electron chi connectivity index (χ0n) is 19.1. The zero-order valence-corrected chi connectivity index (χ0v) is 19.1.